The smallest absolute Gasteiger partial charge is 0.304 e. The van der Waals surface area contributed by atoms with Crippen molar-refractivity contribution in [1.82, 2.24) is 4.98 Å². The molecule has 0 saturated heterocycles. The fourth-order valence-corrected chi connectivity index (χ4v) is 1.48. The van der Waals surface area contributed by atoms with Crippen LogP contribution >= 0.6 is 22.6 Å². The van der Waals surface area contributed by atoms with Gasteiger partial charge in [0.15, 0.2) is 5.58 Å². The Kier molecular flexibility index (Phi) is 1.95. The minimum atomic E-state index is -0.647. The lowest BCUT2D eigenvalue weighted by Crippen LogP contribution is -2.10. The van der Waals surface area contributed by atoms with Crippen molar-refractivity contribution in [2.75, 3.05) is 0 Å². The minimum absolute atomic E-state index is 0.0444. The van der Waals surface area contributed by atoms with Gasteiger partial charge in [0.05, 0.1) is 0 Å². The molecule has 0 fully saturated rings. The Morgan fingerprint density at radius 2 is 2.31 bits per heavy atom. The van der Waals surface area contributed by atoms with Crippen molar-refractivity contribution >= 4 is 39.6 Å². The van der Waals surface area contributed by atoms with Crippen LogP contribution in [0.15, 0.2) is 22.6 Å². The number of benzene rings is 1. The molecule has 1 amide bonds. The summed E-state index contributed by atoms with van der Waals surface area (Å²) in [5.74, 6) is -0.691. The zero-order valence-electron chi connectivity index (χ0n) is 6.45. The summed E-state index contributed by atoms with van der Waals surface area (Å²) in [5, 5.41) is 0. The monoisotopic (exact) mass is 288 g/mol. The van der Waals surface area contributed by atoms with Gasteiger partial charge in [-0.1, -0.05) is 0 Å². The summed E-state index contributed by atoms with van der Waals surface area (Å²) in [7, 11) is 0. The van der Waals surface area contributed by atoms with E-state index in [0.29, 0.717) is 11.1 Å². The second kappa shape index (κ2) is 2.99. The minimum Gasteiger partial charge on any atom is -0.432 e. The maximum atomic E-state index is 10.7. The standard InChI is InChI=1S/C8H5IN2O2/c9-4-1-2-6-5(3-4)11-8(13-6)7(10)12/h1-3H,(H2,10,12). The van der Waals surface area contributed by atoms with Crippen molar-refractivity contribution < 1.29 is 9.21 Å². The Bertz CT molecular complexity index is 478. The SMILES string of the molecule is NC(=O)c1nc2cc(I)ccc2o1. The molecule has 2 N–H and O–H groups in total. The second-order valence-electron chi connectivity index (χ2n) is 2.50. The summed E-state index contributed by atoms with van der Waals surface area (Å²) in [6.45, 7) is 0. The number of nitrogens with zero attached hydrogens (tertiary/aromatic N) is 1. The number of hydrogen-bond acceptors (Lipinski definition) is 3. The van der Waals surface area contributed by atoms with E-state index >= 15 is 0 Å². The number of primary amides is 1. The van der Waals surface area contributed by atoms with Gasteiger partial charge in [-0.05, 0) is 40.8 Å². The van der Waals surface area contributed by atoms with Gasteiger partial charge in [0.2, 0.25) is 0 Å². The summed E-state index contributed by atoms with van der Waals surface area (Å²) in [5.41, 5.74) is 6.25. The molecular formula is C8H5IN2O2. The molecule has 0 aliphatic heterocycles. The predicted molar refractivity (Wildman–Crippen MR) is 55.2 cm³/mol. The van der Waals surface area contributed by atoms with Crippen LogP contribution in [0.5, 0.6) is 0 Å². The van der Waals surface area contributed by atoms with Gasteiger partial charge in [-0.3, -0.25) is 4.79 Å². The zero-order valence-corrected chi connectivity index (χ0v) is 8.61. The number of nitrogens with two attached hydrogens (primary N) is 1. The molecule has 0 bridgehead atoms. The molecule has 2 rings (SSSR count). The van der Waals surface area contributed by atoms with Crippen molar-refractivity contribution in [3.63, 3.8) is 0 Å². The number of halogens is 1. The largest absolute Gasteiger partial charge is 0.432 e. The molecular weight excluding hydrogens is 283 g/mol. The van der Waals surface area contributed by atoms with Crippen LogP contribution in [0.1, 0.15) is 10.7 Å². The quantitative estimate of drug-likeness (QED) is 0.809. The van der Waals surface area contributed by atoms with Crippen molar-refractivity contribution in [1.29, 1.82) is 0 Å². The van der Waals surface area contributed by atoms with Crippen LogP contribution in [-0.4, -0.2) is 10.9 Å². The first kappa shape index (κ1) is 8.49. The third-order valence-corrected chi connectivity index (χ3v) is 2.23. The molecule has 0 spiro atoms. The van der Waals surface area contributed by atoms with Crippen LogP contribution in [0.2, 0.25) is 0 Å². The normalized spacial score (nSPS) is 10.5. The summed E-state index contributed by atoms with van der Waals surface area (Å²) < 4.78 is 6.13. The maximum absolute atomic E-state index is 10.7. The van der Waals surface area contributed by atoms with E-state index in [9.17, 15) is 4.79 Å². The highest BCUT2D eigenvalue weighted by atomic mass is 127. The first-order valence-electron chi connectivity index (χ1n) is 3.53. The molecule has 0 unspecified atom stereocenters. The van der Waals surface area contributed by atoms with Gasteiger partial charge in [0, 0.05) is 3.57 Å². The maximum Gasteiger partial charge on any atom is 0.304 e. The van der Waals surface area contributed by atoms with E-state index in [2.05, 4.69) is 27.6 Å². The molecule has 0 atom stereocenters. The third kappa shape index (κ3) is 1.51. The topological polar surface area (TPSA) is 69.1 Å². The predicted octanol–water partition coefficient (Wildman–Crippen LogP) is 1.53. The van der Waals surface area contributed by atoms with Gasteiger partial charge in [0.25, 0.3) is 5.89 Å². The second-order valence-corrected chi connectivity index (χ2v) is 3.74. The van der Waals surface area contributed by atoms with Crippen LogP contribution in [0.3, 0.4) is 0 Å². The molecule has 1 aromatic heterocycles. The molecule has 2 aromatic rings. The number of oxazole rings is 1. The highest BCUT2D eigenvalue weighted by Crippen LogP contribution is 2.17. The molecule has 1 heterocycles. The molecule has 66 valence electrons. The Balaban J connectivity index is 2.68. The van der Waals surface area contributed by atoms with E-state index in [1.165, 1.54) is 0 Å². The number of hydrogen-bond donors (Lipinski definition) is 1. The van der Waals surface area contributed by atoms with Gasteiger partial charge in [-0.2, -0.15) is 0 Å². The fourth-order valence-electron chi connectivity index (χ4n) is 1.01. The van der Waals surface area contributed by atoms with Gasteiger partial charge in [0.1, 0.15) is 5.52 Å². The first-order valence-corrected chi connectivity index (χ1v) is 4.60. The average molecular weight is 288 g/mol. The summed E-state index contributed by atoms with van der Waals surface area (Å²) in [4.78, 5) is 14.6. The summed E-state index contributed by atoms with van der Waals surface area (Å²) in [6.07, 6.45) is 0. The number of carbonyl (C=O) groups excluding carboxylic acids is 1. The number of rotatable bonds is 1. The molecule has 5 heteroatoms. The molecule has 0 aliphatic rings. The zero-order chi connectivity index (χ0) is 9.42. The van der Waals surface area contributed by atoms with Crippen molar-refractivity contribution in [2.24, 2.45) is 5.73 Å². The lowest BCUT2D eigenvalue weighted by atomic mass is 10.3. The van der Waals surface area contributed by atoms with Crippen LogP contribution in [-0.2, 0) is 0 Å². The highest BCUT2D eigenvalue weighted by molar-refractivity contribution is 14.1. The van der Waals surface area contributed by atoms with E-state index in [4.69, 9.17) is 10.2 Å². The number of carbonyl (C=O) groups is 1. The number of aromatic nitrogens is 1. The Hall–Kier alpha value is -1.11. The highest BCUT2D eigenvalue weighted by Gasteiger charge is 2.09. The van der Waals surface area contributed by atoms with Crippen molar-refractivity contribution in [3.8, 4) is 0 Å². The summed E-state index contributed by atoms with van der Waals surface area (Å²) in [6, 6.07) is 5.46. The Morgan fingerprint density at radius 1 is 1.54 bits per heavy atom. The fraction of sp³-hybridized carbons (Fsp3) is 0. The van der Waals surface area contributed by atoms with Crippen LogP contribution in [0.25, 0.3) is 11.1 Å². The van der Waals surface area contributed by atoms with Gasteiger partial charge in [-0.25, -0.2) is 4.98 Å². The molecule has 4 nitrogen and oxygen atoms in total. The van der Waals surface area contributed by atoms with E-state index in [1.807, 2.05) is 12.1 Å². The van der Waals surface area contributed by atoms with Crippen LogP contribution in [0.4, 0.5) is 0 Å². The number of amides is 1. The third-order valence-electron chi connectivity index (χ3n) is 1.56. The Morgan fingerprint density at radius 3 is 3.00 bits per heavy atom. The summed E-state index contributed by atoms with van der Waals surface area (Å²) >= 11 is 2.16. The molecule has 0 saturated carbocycles. The van der Waals surface area contributed by atoms with Crippen molar-refractivity contribution in [2.45, 2.75) is 0 Å². The van der Waals surface area contributed by atoms with Gasteiger partial charge >= 0.3 is 5.91 Å². The van der Waals surface area contributed by atoms with Gasteiger partial charge < -0.3 is 10.2 Å². The van der Waals surface area contributed by atoms with Crippen LogP contribution < -0.4 is 5.73 Å². The molecule has 1 aromatic carbocycles. The lowest BCUT2D eigenvalue weighted by molar-refractivity contribution is 0.0969. The molecule has 0 radical (unpaired) electrons. The van der Waals surface area contributed by atoms with E-state index in [-0.39, 0.29) is 5.89 Å². The Labute approximate surface area is 87.3 Å². The molecule has 0 aliphatic carbocycles. The van der Waals surface area contributed by atoms with Crippen molar-refractivity contribution in [3.05, 3.63) is 27.7 Å². The van der Waals surface area contributed by atoms with Gasteiger partial charge in [-0.15, -0.1) is 0 Å². The molecule has 13 heavy (non-hydrogen) atoms. The lowest BCUT2D eigenvalue weighted by Gasteiger charge is -1.86. The number of fused-ring (bicyclic) bond motifs is 1. The van der Waals surface area contributed by atoms with E-state index in [0.717, 1.165) is 3.57 Å². The first-order chi connectivity index (χ1) is 6.16. The van der Waals surface area contributed by atoms with Crippen LogP contribution in [0, 0.1) is 3.57 Å². The van der Waals surface area contributed by atoms with E-state index < -0.39 is 5.91 Å². The van der Waals surface area contributed by atoms with E-state index in [1.54, 1.807) is 6.07 Å². The average Bonchev–Trinajstić information content (AvgIpc) is 2.46.